The summed E-state index contributed by atoms with van der Waals surface area (Å²) in [4.78, 5) is 22.8. The maximum atomic E-state index is 11.8. The lowest BCUT2D eigenvalue weighted by molar-refractivity contribution is 0.242. The number of benzene rings is 1. The van der Waals surface area contributed by atoms with E-state index in [0.717, 1.165) is 11.3 Å². The third kappa shape index (κ3) is 4.17. The van der Waals surface area contributed by atoms with Crippen molar-refractivity contribution >= 4 is 6.03 Å². The zero-order valence-corrected chi connectivity index (χ0v) is 11.9. The molecule has 2 aromatic rings. The van der Waals surface area contributed by atoms with E-state index in [-0.39, 0.29) is 11.6 Å². The van der Waals surface area contributed by atoms with Crippen LogP contribution in [0.4, 0.5) is 4.79 Å². The minimum atomic E-state index is -0.228. The van der Waals surface area contributed by atoms with Crippen LogP contribution in [0.25, 0.3) is 11.3 Å². The minimum absolute atomic E-state index is 0.144. The third-order valence-electron chi connectivity index (χ3n) is 3.00. The number of aromatic nitrogens is 2. The van der Waals surface area contributed by atoms with Crippen LogP contribution in [0, 0.1) is 0 Å². The molecular formula is C15H18N4O2. The summed E-state index contributed by atoms with van der Waals surface area (Å²) in [6.45, 7) is 0.951. The number of nitrogens with zero attached hydrogens (tertiary/aromatic N) is 2. The Morgan fingerprint density at radius 2 is 1.95 bits per heavy atom. The van der Waals surface area contributed by atoms with Crippen molar-refractivity contribution in [3.8, 4) is 11.3 Å². The standard InChI is InChI=1S/C15H18N4O2/c1-16-15(21)17-10-5-11-19-14(20)9-8-13(18-19)12-6-3-2-4-7-12/h2-4,6-9H,5,10-11H2,1H3,(H2,16,17,21). The Morgan fingerprint density at radius 3 is 2.67 bits per heavy atom. The predicted molar refractivity (Wildman–Crippen MR) is 81.0 cm³/mol. The first kappa shape index (κ1) is 14.8. The number of nitrogens with one attached hydrogen (secondary N) is 2. The van der Waals surface area contributed by atoms with Crippen molar-refractivity contribution < 1.29 is 4.79 Å². The van der Waals surface area contributed by atoms with Crippen molar-refractivity contribution in [3.05, 3.63) is 52.8 Å². The normalized spacial score (nSPS) is 10.1. The maximum absolute atomic E-state index is 11.8. The number of amides is 2. The molecule has 1 aromatic carbocycles. The molecule has 2 N–H and O–H groups in total. The van der Waals surface area contributed by atoms with Gasteiger partial charge in [0.25, 0.3) is 5.56 Å². The predicted octanol–water partition coefficient (Wildman–Crippen LogP) is 1.23. The van der Waals surface area contributed by atoms with Crippen molar-refractivity contribution in [1.82, 2.24) is 20.4 Å². The molecule has 0 unspecified atom stereocenters. The number of carbonyl (C=O) groups excluding carboxylic acids is 1. The Morgan fingerprint density at radius 1 is 1.19 bits per heavy atom. The van der Waals surface area contributed by atoms with E-state index in [1.165, 1.54) is 10.7 Å². The minimum Gasteiger partial charge on any atom is -0.341 e. The summed E-state index contributed by atoms with van der Waals surface area (Å²) in [6, 6.07) is 12.7. The quantitative estimate of drug-likeness (QED) is 0.812. The summed E-state index contributed by atoms with van der Waals surface area (Å²) in [7, 11) is 1.56. The van der Waals surface area contributed by atoms with Gasteiger partial charge in [0, 0.05) is 31.8 Å². The van der Waals surface area contributed by atoms with Crippen LogP contribution in [0.1, 0.15) is 6.42 Å². The number of carbonyl (C=O) groups is 1. The van der Waals surface area contributed by atoms with Crippen molar-refractivity contribution in [2.24, 2.45) is 0 Å². The fourth-order valence-corrected chi connectivity index (χ4v) is 1.89. The molecule has 2 amide bonds. The van der Waals surface area contributed by atoms with Crippen LogP contribution >= 0.6 is 0 Å². The molecule has 6 nitrogen and oxygen atoms in total. The van der Waals surface area contributed by atoms with E-state index >= 15 is 0 Å². The van der Waals surface area contributed by atoms with Gasteiger partial charge in [0.15, 0.2) is 0 Å². The van der Waals surface area contributed by atoms with Crippen LogP contribution in [-0.2, 0) is 6.54 Å². The highest BCUT2D eigenvalue weighted by Gasteiger charge is 2.03. The molecule has 0 aliphatic carbocycles. The molecular weight excluding hydrogens is 268 g/mol. The van der Waals surface area contributed by atoms with Crippen LogP contribution in [0.5, 0.6) is 0 Å². The second-order valence-corrected chi connectivity index (χ2v) is 4.51. The summed E-state index contributed by atoms with van der Waals surface area (Å²) < 4.78 is 1.42. The number of urea groups is 1. The lowest BCUT2D eigenvalue weighted by atomic mass is 10.1. The van der Waals surface area contributed by atoms with E-state index in [9.17, 15) is 9.59 Å². The molecule has 0 aliphatic rings. The molecule has 0 saturated heterocycles. The molecule has 1 aromatic heterocycles. The number of hydrogen-bond acceptors (Lipinski definition) is 3. The van der Waals surface area contributed by atoms with Gasteiger partial charge in [0.05, 0.1) is 5.69 Å². The van der Waals surface area contributed by atoms with Gasteiger partial charge in [-0.2, -0.15) is 5.10 Å². The van der Waals surface area contributed by atoms with Crippen molar-refractivity contribution in [1.29, 1.82) is 0 Å². The molecule has 0 radical (unpaired) electrons. The average molecular weight is 286 g/mol. The van der Waals surface area contributed by atoms with Gasteiger partial charge >= 0.3 is 6.03 Å². The first-order valence-corrected chi connectivity index (χ1v) is 6.80. The molecule has 6 heteroatoms. The average Bonchev–Trinajstić information content (AvgIpc) is 2.53. The largest absolute Gasteiger partial charge is 0.341 e. The van der Waals surface area contributed by atoms with Crippen molar-refractivity contribution in [2.45, 2.75) is 13.0 Å². The first-order valence-electron chi connectivity index (χ1n) is 6.80. The van der Waals surface area contributed by atoms with Gasteiger partial charge in [0.2, 0.25) is 0 Å². The molecule has 0 saturated carbocycles. The van der Waals surface area contributed by atoms with Crippen molar-refractivity contribution in [3.63, 3.8) is 0 Å². The number of hydrogen-bond donors (Lipinski definition) is 2. The molecule has 0 aliphatic heterocycles. The Bertz CT molecular complexity index is 652. The summed E-state index contributed by atoms with van der Waals surface area (Å²) in [5.74, 6) is 0. The summed E-state index contributed by atoms with van der Waals surface area (Å²) in [6.07, 6.45) is 0.637. The molecule has 2 rings (SSSR count). The summed E-state index contributed by atoms with van der Waals surface area (Å²) >= 11 is 0. The Balaban J connectivity index is 2.03. The van der Waals surface area contributed by atoms with E-state index < -0.39 is 0 Å². The Hall–Kier alpha value is -2.63. The second-order valence-electron chi connectivity index (χ2n) is 4.51. The highest BCUT2D eigenvalue weighted by Crippen LogP contribution is 2.13. The van der Waals surface area contributed by atoms with Gasteiger partial charge in [-0.1, -0.05) is 30.3 Å². The smallest absolute Gasteiger partial charge is 0.314 e. The van der Waals surface area contributed by atoms with Crippen LogP contribution < -0.4 is 16.2 Å². The van der Waals surface area contributed by atoms with E-state index in [0.29, 0.717) is 19.5 Å². The van der Waals surface area contributed by atoms with E-state index in [1.807, 2.05) is 30.3 Å². The van der Waals surface area contributed by atoms with Crippen LogP contribution in [0.2, 0.25) is 0 Å². The molecule has 21 heavy (non-hydrogen) atoms. The Labute approximate surface area is 122 Å². The SMILES string of the molecule is CNC(=O)NCCCn1nc(-c2ccccc2)ccc1=O. The summed E-state index contributed by atoms with van der Waals surface area (Å²) in [5.41, 5.74) is 1.58. The number of rotatable bonds is 5. The van der Waals surface area contributed by atoms with Gasteiger partial charge in [-0.25, -0.2) is 9.48 Å². The van der Waals surface area contributed by atoms with E-state index in [2.05, 4.69) is 15.7 Å². The lowest BCUT2D eigenvalue weighted by Gasteiger charge is -2.08. The Kier molecular flexibility index (Phi) is 5.09. The zero-order valence-electron chi connectivity index (χ0n) is 11.9. The summed E-state index contributed by atoms with van der Waals surface area (Å²) in [5, 5.41) is 9.50. The van der Waals surface area contributed by atoms with Gasteiger partial charge in [-0.15, -0.1) is 0 Å². The molecule has 0 bridgehead atoms. The highest BCUT2D eigenvalue weighted by molar-refractivity contribution is 5.73. The fourth-order valence-electron chi connectivity index (χ4n) is 1.89. The highest BCUT2D eigenvalue weighted by atomic mass is 16.2. The second kappa shape index (κ2) is 7.23. The van der Waals surface area contributed by atoms with Gasteiger partial charge in [-0.05, 0) is 12.5 Å². The molecule has 0 spiro atoms. The first-order chi connectivity index (χ1) is 10.2. The van der Waals surface area contributed by atoms with Gasteiger partial charge in [0.1, 0.15) is 0 Å². The molecule has 0 fully saturated rings. The molecule has 110 valence electrons. The van der Waals surface area contributed by atoms with Gasteiger partial charge < -0.3 is 10.6 Å². The number of aryl methyl sites for hydroxylation is 1. The zero-order chi connectivity index (χ0) is 15.1. The lowest BCUT2D eigenvalue weighted by Crippen LogP contribution is -2.34. The van der Waals surface area contributed by atoms with E-state index in [1.54, 1.807) is 13.1 Å². The van der Waals surface area contributed by atoms with Crippen LogP contribution in [-0.4, -0.2) is 29.4 Å². The van der Waals surface area contributed by atoms with Crippen LogP contribution in [0.3, 0.4) is 0 Å². The molecule has 0 atom stereocenters. The maximum Gasteiger partial charge on any atom is 0.314 e. The third-order valence-corrected chi connectivity index (χ3v) is 3.00. The van der Waals surface area contributed by atoms with Gasteiger partial charge in [-0.3, -0.25) is 4.79 Å². The molecule has 1 heterocycles. The van der Waals surface area contributed by atoms with Crippen LogP contribution in [0.15, 0.2) is 47.3 Å². The van der Waals surface area contributed by atoms with Crippen molar-refractivity contribution in [2.75, 3.05) is 13.6 Å². The monoisotopic (exact) mass is 286 g/mol. The topological polar surface area (TPSA) is 76.0 Å². The fraction of sp³-hybridized carbons (Fsp3) is 0.267. The van der Waals surface area contributed by atoms with E-state index in [4.69, 9.17) is 0 Å².